The van der Waals surface area contributed by atoms with E-state index >= 15 is 0 Å². The minimum Gasteiger partial charge on any atom is -0.481 e. The van der Waals surface area contributed by atoms with E-state index in [-0.39, 0.29) is 12.5 Å². The Morgan fingerprint density at radius 3 is 2.33 bits per heavy atom. The van der Waals surface area contributed by atoms with Gasteiger partial charge in [-0.15, -0.1) is 0 Å². The van der Waals surface area contributed by atoms with Crippen molar-refractivity contribution in [3.05, 3.63) is 35.9 Å². The van der Waals surface area contributed by atoms with Crippen molar-refractivity contribution in [2.45, 2.75) is 69.8 Å². The number of hydrogen-bond acceptors (Lipinski definition) is 3. The van der Waals surface area contributed by atoms with Crippen LogP contribution in [-0.4, -0.2) is 46.2 Å². The van der Waals surface area contributed by atoms with E-state index in [1.165, 1.54) is 0 Å². The number of carbonyl (C=O) groups excluding carboxylic acids is 1. The summed E-state index contributed by atoms with van der Waals surface area (Å²) in [5.74, 6) is -0.887. The number of carboxylic acid groups (broad SMARTS) is 1. The van der Waals surface area contributed by atoms with Gasteiger partial charge in [0.25, 0.3) is 0 Å². The van der Waals surface area contributed by atoms with Crippen LogP contribution in [0.3, 0.4) is 0 Å². The molecule has 2 atom stereocenters. The Kier molecular flexibility index (Phi) is 5.89. The molecule has 1 saturated carbocycles. The van der Waals surface area contributed by atoms with Crippen LogP contribution in [0.2, 0.25) is 0 Å². The second-order valence-corrected chi connectivity index (χ2v) is 8.24. The highest BCUT2D eigenvalue weighted by molar-refractivity contribution is 5.89. The number of nitrogens with zero attached hydrogens (tertiary/aromatic N) is 1. The lowest BCUT2D eigenvalue weighted by atomic mass is 9.67. The number of piperidine rings is 1. The number of aliphatic carboxylic acids is 1. The van der Waals surface area contributed by atoms with Gasteiger partial charge in [0.15, 0.2) is 0 Å². The molecule has 0 aromatic heterocycles. The molecular formula is C22H31NO4. The van der Waals surface area contributed by atoms with Crippen molar-refractivity contribution in [2.24, 2.45) is 5.41 Å². The highest BCUT2D eigenvalue weighted by Gasteiger charge is 2.51. The van der Waals surface area contributed by atoms with Crippen molar-refractivity contribution >= 4 is 11.9 Å². The molecule has 148 valence electrons. The van der Waals surface area contributed by atoms with Gasteiger partial charge in [-0.25, -0.2) is 0 Å². The molecule has 1 aliphatic carbocycles. The summed E-state index contributed by atoms with van der Waals surface area (Å²) in [4.78, 5) is 27.2. The van der Waals surface area contributed by atoms with Gasteiger partial charge in [0.05, 0.1) is 16.9 Å². The molecule has 1 aliphatic heterocycles. The summed E-state index contributed by atoms with van der Waals surface area (Å²) >= 11 is 0. The largest absolute Gasteiger partial charge is 0.481 e. The first-order valence-electron chi connectivity index (χ1n) is 10.2. The van der Waals surface area contributed by atoms with Gasteiger partial charge in [-0.3, -0.25) is 9.59 Å². The molecule has 2 aliphatic rings. The van der Waals surface area contributed by atoms with Crippen LogP contribution in [0.4, 0.5) is 0 Å². The minimum absolute atomic E-state index is 0.0583. The Morgan fingerprint density at radius 2 is 1.78 bits per heavy atom. The first-order chi connectivity index (χ1) is 13.0. The maximum absolute atomic E-state index is 13.6. The number of benzene rings is 1. The van der Waals surface area contributed by atoms with Crippen molar-refractivity contribution in [3.8, 4) is 0 Å². The third-order valence-electron chi connectivity index (χ3n) is 6.71. The average Bonchev–Trinajstić information content (AvgIpc) is 2.70. The molecule has 0 radical (unpaired) electrons. The Hall–Kier alpha value is -1.88. The van der Waals surface area contributed by atoms with E-state index in [1.807, 2.05) is 37.3 Å². The van der Waals surface area contributed by atoms with Crippen LogP contribution in [0.25, 0.3) is 0 Å². The lowest BCUT2D eigenvalue weighted by Crippen LogP contribution is -2.59. The summed E-state index contributed by atoms with van der Waals surface area (Å²) < 4.78 is 0. The molecule has 0 unspecified atom stereocenters. The average molecular weight is 373 g/mol. The molecule has 27 heavy (non-hydrogen) atoms. The van der Waals surface area contributed by atoms with E-state index in [2.05, 4.69) is 0 Å². The van der Waals surface area contributed by atoms with Gasteiger partial charge in [0, 0.05) is 13.1 Å². The first kappa shape index (κ1) is 19.9. The molecule has 0 bridgehead atoms. The standard InChI is InChI=1S/C22H31NO4/c1-2-11-22(20(26)27)14-15-23(16-18(22)24)19(25)21(12-7-4-8-13-21)17-9-5-3-6-10-17/h3,5-6,9-10,18,24H,2,4,7-8,11-16H2,1H3,(H,26,27)/t18-,22+/m1/s1. The fraction of sp³-hybridized carbons (Fsp3) is 0.636. The van der Waals surface area contributed by atoms with E-state index in [4.69, 9.17) is 0 Å². The van der Waals surface area contributed by atoms with E-state index in [9.17, 15) is 19.8 Å². The van der Waals surface area contributed by atoms with Crippen molar-refractivity contribution in [3.63, 3.8) is 0 Å². The lowest BCUT2D eigenvalue weighted by molar-refractivity contribution is -0.168. The molecule has 3 rings (SSSR count). The Bertz CT molecular complexity index is 668. The Balaban J connectivity index is 1.85. The van der Waals surface area contributed by atoms with E-state index in [1.54, 1.807) is 4.90 Å². The van der Waals surface area contributed by atoms with Crippen LogP contribution in [0, 0.1) is 5.41 Å². The number of hydrogen-bond donors (Lipinski definition) is 2. The fourth-order valence-corrected chi connectivity index (χ4v) is 5.10. The van der Waals surface area contributed by atoms with Crippen molar-refractivity contribution < 1.29 is 19.8 Å². The molecular weight excluding hydrogens is 342 g/mol. The molecule has 2 fully saturated rings. The maximum Gasteiger partial charge on any atom is 0.312 e. The second kappa shape index (κ2) is 8.01. The highest BCUT2D eigenvalue weighted by atomic mass is 16.4. The molecule has 1 aromatic carbocycles. The molecule has 2 N–H and O–H groups in total. The van der Waals surface area contributed by atoms with Gasteiger partial charge in [-0.2, -0.15) is 0 Å². The van der Waals surface area contributed by atoms with Gasteiger partial charge in [0.2, 0.25) is 5.91 Å². The lowest BCUT2D eigenvalue weighted by Gasteiger charge is -2.47. The predicted octanol–water partition coefficient (Wildman–Crippen LogP) is 3.35. The van der Waals surface area contributed by atoms with Crippen LogP contribution in [0.5, 0.6) is 0 Å². The van der Waals surface area contributed by atoms with Gasteiger partial charge in [-0.1, -0.05) is 62.9 Å². The smallest absolute Gasteiger partial charge is 0.312 e. The second-order valence-electron chi connectivity index (χ2n) is 8.24. The topological polar surface area (TPSA) is 77.8 Å². The number of rotatable bonds is 5. The van der Waals surface area contributed by atoms with Gasteiger partial charge >= 0.3 is 5.97 Å². The summed E-state index contributed by atoms with van der Waals surface area (Å²) in [5, 5.41) is 20.4. The third-order valence-corrected chi connectivity index (χ3v) is 6.71. The number of amides is 1. The fourth-order valence-electron chi connectivity index (χ4n) is 5.10. The van der Waals surface area contributed by atoms with Gasteiger partial charge < -0.3 is 15.1 Å². The van der Waals surface area contributed by atoms with E-state index in [0.717, 1.165) is 37.7 Å². The van der Waals surface area contributed by atoms with Crippen LogP contribution >= 0.6 is 0 Å². The SMILES string of the molecule is CCC[C@]1(C(=O)O)CCN(C(=O)C2(c3ccccc3)CCCCC2)C[C@H]1O. The van der Waals surface area contributed by atoms with Gasteiger partial charge in [0.1, 0.15) is 0 Å². The molecule has 1 aromatic rings. The van der Waals surface area contributed by atoms with Crippen molar-refractivity contribution in [2.75, 3.05) is 13.1 Å². The highest BCUT2D eigenvalue weighted by Crippen LogP contribution is 2.43. The summed E-state index contributed by atoms with van der Waals surface area (Å²) in [7, 11) is 0. The van der Waals surface area contributed by atoms with Crippen molar-refractivity contribution in [1.82, 2.24) is 4.90 Å². The van der Waals surface area contributed by atoms with E-state index < -0.39 is 22.9 Å². The number of carboxylic acids is 1. The van der Waals surface area contributed by atoms with Crippen LogP contribution < -0.4 is 0 Å². The zero-order valence-electron chi connectivity index (χ0n) is 16.2. The maximum atomic E-state index is 13.6. The summed E-state index contributed by atoms with van der Waals surface area (Å²) in [6.07, 6.45) is 5.25. The summed E-state index contributed by atoms with van der Waals surface area (Å²) in [5.41, 5.74) is -0.613. The number of likely N-dealkylation sites (tertiary alicyclic amines) is 1. The van der Waals surface area contributed by atoms with Crippen LogP contribution in [0.15, 0.2) is 30.3 Å². The van der Waals surface area contributed by atoms with Gasteiger partial charge in [-0.05, 0) is 31.2 Å². The van der Waals surface area contributed by atoms with Crippen LogP contribution in [0.1, 0.15) is 63.9 Å². The summed E-state index contributed by atoms with van der Waals surface area (Å²) in [6.45, 7) is 2.44. The summed E-state index contributed by atoms with van der Waals surface area (Å²) in [6, 6.07) is 9.97. The molecule has 5 nitrogen and oxygen atoms in total. The van der Waals surface area contributed by atoms with Crippen molar-refractivity contribution in [1.29, 1.82) is 0 Å². The number of carbonyl (C=O) groups is 2. The molecule has 5 heteroatoms. The number of β-amino-alcohol motifs (C(OH)–C–C–N with tert-alkyl or cyclic N) is 1. The molecule has 1 saturated heterocycles. The first-order valence-corrected chi connectivity index (χ1v) is 10.2. The molecule has 0 spiro atoms. The van der Waals surface area contributed by atoms with E-state index in [0.29, 0.717) is 25.8 Å². The minimum atomic E-state index is -1.13. The number of aliphatic hydroxyl groups is 1. The quantitative estimate of drug-likeness (QED) is 0.830. The zero-order chi connectivity index (χ0) is 19.5. The predicted molar refractivity (Wildman–Crippen MR) is 103 cm³/mol. The normalized spacial score (nSPS) is 27.9. The van der Waals surface area contributed by atoms with Crippen LogP contribution in [-0.2, 0) is 15.0 Å². The third kappa shape index (κ3) is 3.49. The Labute approximate surface area is 161 Å². The molecule has 1 amide bonds. The molecule has 1 heterocycles. The monoisotopic (exact) mass is 373 g/mol. The Morgan fingerprint density at radius 1 is 1.11 bits per heavy atom. The number of aliphatic hydroxyl groups excluding tert-OH is 1. The zero-order valence-corrected chi connectivity index (χ0v) is 16.2.